The van der Waals surface area contributed by atoms with E-state index in [1.54, 1.807) is 0 Å². The van der Waals surface area contributed by atoms with Crippen molar-refractivity contribution in [3.8, 4) is 11.5 Å². The molecule has 0 aliphatic carbocycles. The van der Waals surface area contributed by atoms with E-state index in [0.29, 0.717) is 24.7 Å². The van der Waals surface area contributed by atoms with Gasteiger partial charge >= 0.3 is 0 Å². The summed E-state index contributed by atoms with van der Waals surface area (Å²) in [5.41, 5.74) is 0.731. The molecule has 28 heavy (non-hydrogen) atoms. The van der Waals surface area contributed by atoms with Crippen molar-refractivity contribution in [1.82, 2.24) is 0 Å². The molecule has 0 spiro atoms. The van der Waals surface area contributed by atoms with E-state index >= 15 is 0 Å². The Balaban J connectivity index is 2.58. The van der Waals surface area contributed by atoms with Crippen molar-refractivity contribution in [2.75, 3.05) is 19.5 Å². The van der Waals surface area contributed by atoms with Crippen molar-refractivity contribution in [3.05, 3.63) is 23.8 Å². The SMILES string of the molecule is CCCCCCCOc1cc(COS(C)(=O)=O)cc(OCCCCCCC)c1. The summed E-state index contributed by atoms with van der Waals surface area (Å²) in [6.07, 6.45) is 12.8. The second-order valence-corrected chi connectivity index (χ2v) is 8.95. The molecule has 0 amide bonds. The minimum Gasteiger partial charge on any atom is -0.493 e. The molecule has 0 radical (unpaired) electrons. The van der Waals surface area contributed by atoms with Crippen molar-refractivity contribution in [2.45, 2.75) is 84.7 Å². The van der Waals surface area contributed by atoms with Gasteiger partial charge in [0.05, 0.1) is 26.1 Å². The first-order valence-electron chi connectivity index (χ1n) is 10.7. The summed E-state index contributed by atoms with van der Waals surface area (Å²) in [5, 5.41) is 0. The molecule has 0 saturated carbocycles. The number of rotatable bonds is 17. The van der Waals surface area contributed by atoms with Crippen molar-refractivity contribution >= 4 is 10.1 Å². The molecule has 0 fully saturated rings. The lowest BCUT2D eigenvalue weighted by Gasteiger charge is -2.12. The van der Waals surface area contributed by atoms with Crippen LogP contribution in [0.5, 0.6) is 11.5 Å². The maximum Gasteiger partial charge on any atom is 0.264 e. The average molecular weight is 415 g/mol. The Hall–Kier alpha value is -1.27. The third-order valence-corrected chi connectivity index (χ3v) is 4.96. The van der Waals surface area contributed by atoms with Gasteiger partial charge in [-0.2, -0.15) is 8.42 Å². The Labute approximate surface area is 171 Å². The Morgan fingerprint density at radius 2 is 1.18 bits per heavy atom. The molecule has 0 heterocycles. The van der Waals surface area contributed by atoms with E-state index < -0.39 is 10.1 Å². The summed E-state index contributed by atoms with van der Waals surface area (Å²) in [7, 11) is -3.49. The number of unbranched alkanes of at least 4 members (excludes halogenated alkanes) is 8. The van der Waals surface area contributed by atoms with E-state index in [9.17, 15) is 8.42 Å². The number of hydrogen-bond donors (Lipinski definition) is 0. The third-order valence-electron chi connectivity index (χ3n) is 4.41. The molecule has 0 bridgehead atoms. The number of hydrogen-bond acceptors (Lipinski definition) is 5. The maximum absolute atomic E-state index is 11.3. The van der Waals surface area contributed by atoms with Crippen LogP contribution in [0.15, 0.2) is 18.2 Å². The summed E-state index contributed by atoms with van der Waals surface area (Å²) < 4.78 is 39.2. The van der Waals surface area contributed by atoms with Gasteiger partial charge in [0.15, 0.2) is 0 Å². The van der Waals surface area contributed by atoms with Crippen molar-refractivity contribution in [3.63, 3.8) is 0 Å². The molecule has 6 heteroatoms. The van der Waals surface area contributed by atoms with Crippen LogP contribution in [0.3, 0.4) is 0 Å². The standard InChI is InChI=1S/C22H38O5S/c1-4-6-8-10-12-14-25-21-16-20(19-27-28(3,23)24)17-22(18-21)26-15-13-11-9-7-5-2/h16-18H,4-15,19H2,1-3H3. The molecular formula is C22H38O5S. The van der Waals surface area contributed by atoms with Gasteiger partial charge in [0.2, 0.25) is 0 Å². The van der Waals surface area contributed by atoms with Crippen LogP contribution in [0.25, 0.3) is 0 Å². The Morgan fingerprint density at radius 1 is 0.714 bits per heavy atom. The zero-order valence-electron chi connectivity index (χ0n) is 17.9. The van der Waals surface area contributed by atoms with Gasteiger partial charge in [-0.15, -0.1) is 0 Å². The van der Waals surface area contributed by atoms with Crippen LogP contribution in [0.1, 0.15) is 83.6 Å². The maximum atomic E-state index is 11.3. The second-order valence-electron chi connectivity index (χ2n) is 7.30. The van der Waals surface area contributed by atoms with Crippen LogP contribution < -0.4 is 9.47 Å². The summed E-state index contributed by atoms with van der Waals surface area (Å²) in [4.78, 5) is 0. The van der Waals surface area contributed by atoms with Crippen LogP contribution in [-0.4, -0.2) is 27.9 Å². The van der Waals surface area contributed by atoms with E-state index in [0.717, 1.165) is 37.5 Å². The summed E-state index contributed by atoms with van der Waals surface area (Å²) in [6, 6.07) is 5.53. The fraction of sp³-hybridized carbons (Fsp3) is 0.727. The van der Waals surface area contributed by atoms with Crippen LogP contribution in [0, 0.1) is 0 Å². The van der Waals surface area contributed by atoms with Gasteiger partial charge in [-0.1, -0.05) is 65.2 Å². The smallest absolute Gasteiger partial charge is 0.264 e. The lowest BCUT2D eigenvalue weighted by molar-refractivity contribution is 0.283. The lowest BCUT2D eigenvalue weighted by atomic mass is 10.1. The largest absolute Gasteiger partial charge is 0.493 e. The predicted molar refractivity (Wildman–Crippen MR) is 115 cm³/mol. The van der Waals surface area contributed by atoms with Crippen LogP contribution >= 0.6 is 0 Å². The fourth-order valence-corrected chi connectivity index (χ4v) is 3.20. The topological polar surface area (TPSA) is 61.8 Å². The van der Waals surface area contributed by atoms with Gasteiger partial charge < -0.3 is 9.47 Å². The van der Waals surface area contributed by atoms with E-state index in [4.69, 9.17) is 13.7 Å². The van der Waals surface area contributed by atoms with Crippen molar-refractivity contribution < 1.29 is 22.1 Å². The molecule has 1 aromatic rings. The molecule has 0 saturated heterocycles. The van der Waals surface area contributed by atoms with Crippen molar-refractivity contribution in [2.24, 2.45) is 0 Å². The van der Waals surface area contributed by atoms with Crippen LogP contribution in [-0.2, 0) is 20.9 Å². The summed E-state index contributed by atoms with van der Waals surface area (Å²) in [6.45, 7) is 5.68. The van der Waals surface area contributed by atoms with Gasteiger partial charge in [0.1, 0.15) is 11.5 Å². The zero-order valence-corrected chi connectivity index (χ0v) is 18.7. The quantitative estimate of drug-likeness (QED) is 0.236. The molecule has 162 valence electrons. The highest BCUT2D eigenvalue weighted by Gasteiger charge is 2.08. The average Bonchev–Trinajstić information content (AvgIpc) is 2.65. The van der Waals surface area contributed by atoms with E-state index in [1.165, 1.54) is 38.5 Å². The minimum absolute atomic E-state index is 0.0145. The molecule has 1 aromatic carbocycles. The van der Waals surface area contributed by atoms with E-state index in [-0.39, 0.29) is 6.61 Å². The fourth-order valence-electron chi connectivity index (χ4n) is 2.85. The van der Waals surface area contributed by atoms with Gasteiger partial charge in [-0.25, -0.2) is 0 Å². The van der Waals surface area contributed by atoms with E-state index in [2.05, 4.69) is 13.8 Å². The summed E-state index contributed by atoms with van der Waals surface area (Å²) >= 11 is 0. The molecule has 5 nitrogen and oxygen atoms in total. The molecular weight excluding hydrogens is 376 g/mol. The molecule has 0 aliphatic rings. The van der Waals surface area contributed by atoms with Gasteiger partial charge in [-0.05, 0) is 30.5 Å². The minimum atomic E-state index is -3.49. The third kappa shape index (κ3) is 13.0. The Bertz CT molecular complexity index is 594. The first kappa shape index (κ1) is 24.8. The number of benzene rings is 1. The molecule has 1 rings (SSSR count). The Kier molecular flexibility index (Phi) is 13.0. The molecule has 0 N–H and O–H groups in total. The molecule has 0 aromatic heterocycles. The van der Waals surface area contributed by atoms with E-state index in [1.807, 2.05) is 18.2 Å². The highest BCUT2D eigenvalue weighted by molar-refractivity contribution is 7.85. The Morgan fingerprint density at radius 3 is 1.61 bits per heavy atom. The van der Waals surface area contributed by atoms with Crippen LogP contribution in [0.2, 0.25) is 0 Å². The zero-order chi connectivity index (χ0) is 20.7. The second kappa shape index (κ2) is 14.7. The monoisotopic (exact) mass is 414 g/mol. The summed E-state index contributed by atoms with van der Waals surface area (Å²) in [5.74, 6) is 1.40. The van der Waals surface area contributed by atoms with Gasteiger partial charge in [0.25, 0.3) is 10.1 Å². The molecule has 0 aliphatic heterocycles. The lowest BCUT2D eigenvalue weighted by Crippen LogP contribution is -2.05. The van der Waals surface area contributed by atoms with Gasteiger partial charge in [-0.3, -0.25) is 4.18 Å². The predicted octanol–water partition coefficient (Wildman–Crippen LogP) is 5.86. The normalized spacial score (nSPS) is 11.5. The molecule has 0 atom stereocenters. The molecule has 0 unspecified atom stereocenters. The van der Waals surface area contributed by atoms with Crippen molar-refractivity contribution in [1.29, 1.82) is 0 Å². The highest BCUT2D eigenvalue weighted by Crippen LogP contribution is 2.25. The van der Waals surface area contributed by atoms with Gasteiger partial charge in [0, 0.05) is 6.07 Å². The van der Waals surface area contributed by atoms with Crippen LogP contribution in [0.4, 0.5) is 0 Å². The first-order chi connectivity index (χ1) is 13.4. The number of ether oxygens (including phenoxy) is 2. The highest BCUT2D eigenvalue weighted by atomic mass is 32.2. The first-order valence-corrected chi connectivity index (χ1v) is 12.5.